The van der Waals surface area contributed by atoms with E-state index in [-0.39, 0.29) is 0 Å². The van der Waals surface area contributed by atoms with E-state index in [1.165, 1.54) is 58.3 Å². The van der Waals surface area contributed by atoms with Crippen LogP contribution in [0.25, 0.3) is 0 Å². The molecule has 2 nitrogen and oxygen atoms in total. The fourth-order valence-corrected chi connectivity index (χ4v) is 20.8. The summed E-state index contributed by atoms with van der Waals surface area (Å²) in [5.41, 5.74) is 0. The van der Waals surface area contributed by atoms with Crippen LogP contribution >= 0.6 is 0 Å². The number of rotatable bonds is 16. The van der Waals surface area contributed by atoms with Crippen molar-refractivity contribution in [2.45, 2.75) is 89.6 Å². The van der Waals surface area contributed by atoms with Crippen molar-refractivity contribution in [1.29, 1.82) is 0 Å². The van der Waals surface area contributed by atoms with Crippen LogP contribution < -0.4 is 0 Å². The first-order chi connectivity index (χ1) is 10.7. The van der Waals surface area contributed by atoms with E-state index in [2.05, 4.69) is 33.4 Å². The van der Waals surface area contributed by atoms with Gasteiger partial charge in [-0.15, -0.1) is 0 Å². The number of ether oxygens (including phenoxy) is 2. The normalized spacial score (nSPS) is 13.3. The minimum atomic E-state index is -2.30. The number of unbranched alkanes of at least 4 members (excludes halogenated alkanes) is 3. The molecule has 0 fully saturated rings. The van der Waals surface area contributed by atoms with E-state index in [1.54, 1.807) is 7.11 Å². The van der Waals surface area contributed by atoms with Crippen LogP contribution in [0, 0.1) is 0 Å². The molecule has 0 saturated heterocycles. The van der Waals surface area contributed by atoms with Gasteiger partial charge in [0.2, 0.25) is 0 Å². The molecule has 0 rings (SSSR count). The average Bonchev–Trinajstić information content (AvgIpc) is 2.55. The molecule has 0 aliphatic heterocycles. The maximum atomic E-state index is 6.27. The molecule has 0 amide bonds. The molecular formula is C19H40O2Sn. The Hall–Kier alpha value is 0.459. The van der Waals surface area contributed by atoms with Crippen LogP contribution in [0.5, 0.6) is 0 Å². The van der Waals surface area contributed by atoms with Gasteiger partial charge in [0.15, 0.2) is 0 Å². The van der Waals surface area contributed by atoms with E-state index in [9.17, 15) is 0 Å². The number of hydrogen-bond donors (Lipinski definition) is 0. The molecule has 0 aromatic heterocycles. The van der Waals surface area contributed by atoms with Gasteiger partial charge in [0.05, 0.1) is 0 Å². The van der Waals surface area contributed by atoms with Crippen molar-refractivity contribution < 1.29 is 9.47 Å². The molecule has 0 saturated carbocycles. The summed E-state index contributed by atoms with van der Waals surface area (Å²) < 4.78 is 16.5. The van der Waals surface area contributed by atoms with Gasteiger partial charge in [-0.3, -0.25) is 0 Å². The fraction of sp³-hybridized carbons (Fsp3) is 0.895. The number of methoxy groups -OCH3 is 1. The molecule has 0 spiro atoms. The molecule has 0 N–H and O–H groups in total. The first-order valence-corrected chi connectivity index (χ1v) is 17.1. The van der Waals surface area contributed by atoms with Crippen LogP contribution in [-0.2, 0) is 9.47 Å². The summed E-state index contributed by atoms with van der Waals surface area (Å²) in [5.74, 6) is 0. The second kappa shape index (κ2) is 15.0. The van der Waals surface area contributed by atoms with Gasteiger partial charge in [0.1, 0.15) is 0 Å². The Balaban J connectivity index is 5.17. The summed E-state index contributed by atoms with van der Waals surface area (Å²) in [5, 5.41) is 0. The summed E-state index contributed by atoms with van der Waals surface area (Å²) in [6.45, 7) is 11.4. The standard InChI is InChI=1S/C7H13O2.3C4H9.Sn/c1-3-4-5-6-9-7-8-2;3*1-3-4-2;/h3,6H,1,4-5,7H2,2H3;3*1,3-4H2,2H3;. The van der Waals surface area contributed by atoms with E-state index in [4.69, 9.17) is 9.47 Å². The first-order valence-electron chi connectivity index (χ1n) is 9.42. The van der Waals surface area contributed by atoms with Crippen LogP contribution in [0.4, 0.5) is 0 Å². The molecule has 1 atom stereocenters. The van der Waals surface area contributed by atoms with Gasteiger partial charge in [-0.05, 0) is 0 Å². The van der Waals surface area contributed by atoms with E-state index in [0.29, 0.717) is 10.9 Å². The van der Waals surface area contributed by atoms with Crippen molar-refractivity contribution in [3.63, 3.8) is 0 Å². The second-order valence-electron chi connectivity index (χ2n) is 6.60. The third-order valence-electron chi connectivity index (χ3n) is 4.79. The molecule has 22 heavy (non-hydrogen) atoms. The van der Waals surface area contributed by atoms with Crippen LogP contribution in [0.2, 0.25) is 13.3 Å². The van der Waals surface area contributed by atoms with Crippen LogP contribution in [0.3, 0.4) is 0 Å². The van der Waals surface area contributed by atoms with Crippen LogP contribution in [0.15, 0.2) is 12.7 Å². The van der Waals surface area contributed by atoms with Gasteiger partial charge in [-0.25, -0.2) is 0 Å². The van der Waals surface area contributed by atoms with Gasteiger partial charge in [-0.1, -0.05) is 0 Å². The van der Waals surface area contributed by atoms with Crippen molar-refractivity contribution in [3.05, 3.63) is 12.7 Å². The van der Waals surface area contributed by atoms with E-state index in [1.807, 2.05) is 0 Å². The average molecular weight is 419 g/mol. The Morgan fingerprint density at radius 1 is 0.955 bits per heavy atom. The summed E-state index contributed by atoms with van der Waals surface area (Å²) >= 11 is -2.30. The molecule has 0 aliphatic carbocycles. The van der Waals surface area contributed by atoms with Gasteiger partial charge in [0, 0.05) is 0 Å². The molecule has 0 unspecified atom stereocenters. The van der Waals surface area contributed by atoms with Gasteiger partial charge < -0.3 is 0 Å². The summed E-state index contributed by atoms with van der Waals surface area (Å²) in [7, 11) is 1.74. The van der Waals surface area contributed by atoms with E-state index >= 15 is 0 Å². The predicted octanol–water partition coefficient (Wildman–Crippen LogP) is 6.33. The van der Waals surface area contributed by atoms with Crippen molar-refractivity contribution in [2.24, 2.45) is 0 Å². The first kappa shape index (κ1) is 22.5. The van der Waals surface area contributed by atoms with Gasteiger partial charge in [-0.2, -0.15) is 0 Å². The van der Waals surface area contributed by atoms with Gasteiger partial charge >= 0.3 is 144 Å². The second-order valence-corrected chi connectivity index (χ2v) is 20.5. The van der Waals surface area contributed by atoms with Crippen molar-refractivity contribution in [1.82, 2.24) is 0 Å². The summed E-state index contributed by atoms with van der Waals surface area (Å²) in [6, 6.07) is 0. The monoisotopic (exact) mass is 420 g/mol. The Morgan fingerprint density at radius 2 is 1.45 bits per heavy atom. The zero-order chi connectivity index (χ0) is 16.7. The molecule has 0 aromatic carbocycles. The molecule has 0 heterocycles. The van der Waals surface area contributed by atoms with Crippen LogP contribution in [0.1, 0.15) is 72.1 Å². The zero-order valence-corrected chi connectivity index (χ0v) is 18.5. The number of hydrogen-bond acceptors (Lipinski definition) is 2. The van der Waals surface area contributed by atoms with E-state index < -0.39 is 18.4 Å². The third-order valence-corrected chi connectivity index (χ3v) is 21.5. The molecule has 0 aromatic rings. The Labute approximate surface area is 143 Å². The summed E-state index contributed by atoms with van der Waals surface area (Å²) in [6.07, 6.45) is 12.4. The van der Waals surface area contributed by atoms with Crippen molar-refractivity contribution >= 4 is 18.4 Å². The zero-order valence-electron chi connectivity index (χ0n) is 15.7. The Bertz CT molecular complexity index is 234. The molecular weight excluding hydrogens is 379 g/mol. The quantitative estimate of drug-likeness (QED) is 0.165. The Kier molecular flexibility index (Phi) is 15.3. The SMILES string of the molecule is C=CCC[C@H](OCOC)[Sn]([CH2]CCC)([CH2]CCC)[CH2]CCC. The topological polar surface area (TPSA) is 18.5 Å². The third kappa shape index (κ3) is 8.93. The molecule has 0 aliphatic rings. The summed E-state index contributed by atoms with van der Waals surface area (Å²) in [4.78, 5) is 0. The molecule has 0 bridgehead atoms. The minimum absolute atomic E-state index is 0.463. The number of allylic oxidation sites excluding steroid dienone is 1. The van der Waals surface area contributed by atoms with Crippen molar-refractivity contribution in [3.8, 4) is 0 Å². The van der Waals surface area contributed by atoms with E-state index in [0.717, 1.165) is 6.42 Å². The van der Waals surface area contributed by atoms with Crippen molar-refractivity contribution in [2.75, 3.05) is 13.9 Å². The fourth-order valence-electron chi connectivity index (χ4n) is 3.43. The van der Waals surface area contributed by atoms with Crippen LogP contribution in [-0.4, -0.2) is 36.4 Å². The van der Waals surface area contributed by atoms with Gasteiger partial charge in [0.25, 0.3) is 0 Å². The molecule has 132 valence electrons. The molecule has 0 radical (unpaired) electrons. The Morgan fingerprint density at radius 3 is 1.82 bits per heavy atom. The molecule has 3 heteroatoms. The predicted molar refractivity (Wildman–Crippen MR) is 101 cm³/mol. The maximum absolute atomic E-state index is 6.27.